The first-order valence-electron chi connectivity index (χ1n) is 12.8. The highest BCUT2D eigenvalue weighted by Crippen LogP contribution is 2.43. The van der Waals surface area contributed by atoms with Crippen LogP contribution in [0.15, 0.2) is 67.0 Å². The van der Waals surface area contributed by atoms with Crippen molar-refractivity contribution in [2.75, 3.05) is 21.0 Å². The Morgan fingerprint density at radius 3 is 2.68 bits per heavy atom. The van der Waals surface area contributed by atoms with Crippen molar-refractivity contribution in [3.63, 3.8) is 0 Å². The molecule has 186 valence electrons. The topological polar surface area (TPSA) is 45.7 Å². The highest BCUT2D eigenvalue weighted by molar-refractivity contribution is 5.95. The third kappa shape index (κ3) is 3.50. The number of aryl methyl sites for hydroxylation is 4. The molecule has 6 nitrogen and oxygen atoms in total. The maximum absolute atomic E-state index is 5.86. The molecule has 4 heterocycles. The molecule has 37 heavy (non-hydrogen) atoms. The summed E-state index contributed by atoms with van der Waals surface area (Å²) in [5.74, 6) is 3.20. The van der Waals surface area contributed by atoms with Gasteiger partial charge in [-0.3, -0.25) is 0 Å². The van der Waals surface area contributed by atoms with Crippen LogP contribution in [0.4, 0.5) is 0 Å². The minimum atomic E-state index is 0.282. The number of rotatable bonds is 6. The Kier molecular flexibility index (Phi) is 5.20. The second-order valence-electron chi connectivity index (χ2n) is 9.70. The van der Waals surface area contributed by atoms with Gasteiger partial charge in [0.15, 0.2) is 35.7 Å². The van der Waals surface area contributed by atoms with Crippen molar-refractivity contribution in [2.45, 2.75) is 32.4 Å². The molecule has 0 fully saturated rings. The molecular weight excluding hydrogens is 464 g/mol. The summed E-state index contributed by atoms with van der Waals surface area (Å²) >= 11 is 0. The van der Waals surface area contributed by atoms with Crippen molar-refractivity contribution in [3.05, 3.63) is 78.1 Å². The van der Waals surface area contributed by atoms with Gasteiger partial charge >= 0.3 is 0 Å². The largest absolute Gasteiger partial charge is 0.493 e. The first kappa shape index (κ1) is 22.0. The maximum Gasteiger partial charge on any atom is 0.231 e. The predicted octanol–water partition coefficient (Wildman–Crippen LogP) is 5.68. The van der Waals surface area contributed by atoms with Gasteiger partial charge in [0.1, 0.15) is 0 Å². The van der Waals surface area contributed by atoms with Gasteiger partial charge in [0.2, 0.25) is 12.5 Å². The van der Waals surface area contributed by atoms with E-state index in [4.69, 9.17) is 18.9 Å². The number of hydrogen-bond acceptors (Lipinski definition) is 4. The van der Waals surface area contributed by atoms with Gasteiger partial charge in [-0.15, -0.1) is 0 Å². The molecule has 0 saturated carbocycles. The van der Waals surface area contributed by atoms with Gasteiger partial charge in [-0.2, -0.15) is 4.57 Å². The summed E-state index contributed by atoms with van der Waals surface area (Å²) in [7, 11) is 3.41. The zero-order chi connectivity index (χ0) is 24.9. The summed E-state index contributed by atoms with van der Waals surface area (Å²) in [4.78, 5) is 0. The number of fused-ring (bicyclic) bond motifs is 6. The van der Waals surface area contributed by atoms with Gasteiger partial charge in [-0.1, -0.05) is 18.2 Å². The number of aromatic nitrogens is 2. The van der Waals surface area contributed by atoms with Crippen molar-refractivity contribution < 1.29 is 23.5 Å². The summed E-state index contributed by atoms with van der Waals surface area (Å²) in [6.07, 6.45) is 7.31. The standard InChI is InChI=1S/C31H29N2O4/c1-34-27-10-9-22-23(7-5-13-32-14-11-20-6-3-4-8-26(20)32)30-24-17-29-28(36-19-37-29)16-21(24)12-15-33(30)18-25(22)31(27)35-2/h3-4,6,8-11,14,16-18H,5,7,12-13,15,19H2,1-2H3/q+1. The van der Waals surface area contributed by atoms with Crippen LogP contribution < -0.4 is 23.5 Å². The molecule has 6 heteroatoms. The second kappa shape index (κ2) is 8.73. The van der Waals surface area contributed by atoms with Gasteiger partial charge in [-0.25, -0.2) is 0 Å². The van der Waals surface area contributed by atoms with E-state index in [0.29, 0.717) is 0 Å². The fourth-order valence-corrected chi connectivity index (χ4v) is 6.02. The van der Waals surface area contributed by atoms with Gasteiger partial charge in [0.25, 0.3) is 0 Å². The number of para-hydroxylation sites is 1. The molecule has 7 rings (SSSR count). The van der Waals surface area contributed by atoms with Gasteiger partial charge in [0.05, 0.1) is 25.2 Å². The lowest BCUT2D eigenvalue weighted by Gasteiger charge is -2.21. The summed E-state index contributed by atoms with van der Waals surface area (Å²) in [5.41, 5.74) is 6.41. The number of methoxy groups -OCH3 is 2. The molecule has 0 unspecified atom stereocenters. The molecule has 3 aromatic carbocycles. The van der Waals surface area contributed by atoms with Crippen molar-refractivity contribution in [3.8, 4) is 34.3 Å². The van der Waals surface area contributed by atoms with Crippen LogP contribution in [0.2, 0.25) is 0 Å². The maximum atomic E-state index is 5.86. The Morgan fingerprint density at radius 2 is 1.81 bits per heavy atom. The van der Waals surface area contributed by atoms with Crippen LogP contribution in [-0.2, 0) is 25.9 Å². The number of nitrogens with zero attached hydrogens (tertiary/aromatic N) is 2. The Labute approximate surface area is 215 Å². The van der Waals surface area contributed by atoms with Crippen molar-refractivity contribution in [1.82, 2.24) is 4.57 Å². The molecule has 5 aromatic rings. The first-order chi connectivity index (χ1) is 18.2. The van der Waals surface area contributed by atoms with Gasteiger partial charge < -0.3 is 23.5 Å². The highest BCUT2D eigenvalue weighted by atomic mass is 16.7. The van der Waals surface area contributed by atoms with Crippen LogP contribution in [0.25, 0.3) is 32.9 Å². The SMILES string of the molecule is COc1ccc2c(CCCn3ccc4ccccc43)c3[n+](cc2c1OC)CCc1cc2c(cc1-3)OCO2. The average Bonchev–Trinajstić information content (AvgIpc) is 3.57. The van der Waals surface area contributed by atoms with E-state index < -0.39 is 0 Å². The number of ether oxygens (including phenoxy) is 4. The minimum Gasteiger partial charge on any atom is -0.493 e. The number of benzene rings is 3. The summed E-state index contributed by atoms with van der Waals surface area (Å²) in [6, 6.07) is 19.3. The normalized spacial score (nSPS) is 13.6. The Hall–Kier alpha value is -4.19. The molecule has 2 aliphatic heterocycles. The fraction of sp³-hybridized carbons (Fsp3) is 0.258. The third-order valence-corrected chi connectivity index (χ3v) is 7.75. The highest BCUT2D eigenvalue weighted by Gasteiger charge is 2.32. The molecule has 0 N–H and O–H groups in total. The molecule has 0 amide bonds. The molecule has 0 saturated heterocycles. The lowest BCUT2D eigenvalue weighted by Crippen LogP contribution is -2.41. The molecular formula is C31H29N2O4+. The van der Waals surface area contributed by atoms with E-state index in [2.05, 4.69) is 70.1 Å². The Morgan fingerprint density at radius 1 is 0.946 bits per heavy atom. The van der Waals surface area contributed by atoms with Crippen molar-refractivity contribution in [2.24, 2.45) is 0 Å². The third-order valence-electron chi connectivity index (χ3n) is 7.75. The molecule has 2 aliphatic rings. The van der Waals surface area contributed by atoms with E-state index in [1.165, 1.54) is 38.7 Å². The quantitative estimate of drug-likeness (QED) is 0.286. The van der Waals surface area contributed by atoms with Crippen LogP contribution in [0, 0.1) is 0 Å². The van der Waals surface area contributed by atoms with E-state index in [-0.39, 0.29) is 6.79 Å². The zero-order valence-electron chi connectivity index (χ0n) is 21.1. The zero-order valence-corrected chi connectivity index (χ0v) is 21.1. The molecule has 0 aliphatic carbocycles. The van der Waals surface area contributed by atoms with E-state index in [1.54, 1.807) is 14.2 Å². The lowest BCUT2D eigenvalue weighted by atomic mass is 9.89. The molecule has 0 radical (unpaired) electrons. The average molecular weight is 494 g/mol. The van der Waals surface area contributed by atoms with E-state index in [0.717, 1.165) is 60.7 Å². The van der Waals surface area contributed by atoms with Crippen LogP contribution in [-0.4, -0.2) is 25.6 Å². The van der Waals surface area contributed by atoms with Crippen LogP contribution in [0.5, 0.6) is 23.0 Å². The number of pyridine rings is 1. The van der Waals surface area contributed by atoms with Crippen molar-refractivity contribution in [1.29, 1.82) is 0 Å². The summed E-state index contributed by atoms with van der Waals surface area (Å²) < 4.78 is 27.7. The van der Waals surface area contributed by atoms with Gasteiger partial charge in [-0.05, 0) is 60.2 Å². The smallest absolute Gasteiger partial charge is 0.231 e. The minimum absolute atomic E-state index is 0.282. The summed E-state index contributed by atoms with van der Waals surface area (Å²) in [5, 5.41) is 3.56. The number of hydrogen-bond donors (Lipinski definition) is 0. The Balaban J connectivity index is 1.37. The van der Waals surface area contributed by atoms with Crippen LogP contribution in [0.1, 0.15) is 17.5 Å². The van der Waals surface area contributed by atoms with Crippen molar-refractivity contribution >= 4 is 21.7 Å². The fourth-order valence-electron chi connectivity index (χ4n) is 6.02. The van der Waals surface area contributed by atoms with E-state index in [9.17, 15) is 0 Å². The Bertz CT molecular complexity index is 1670. The predicted molar refractivity (Wildman–Crippen MR) is 143 cm³/mol. The molecule has 0 bridgehead atoms. The monoisotopic (exact) mass is 493 g/mol. The molecule has 0 spiro atoms. The van der Waals surface area contributed by atoms with E-state index in [1.807, 2.05) is 6.07 Å². The van der Waals surface area contributed by atoms with Crippen LogP contribution in [0.3, 0.4) is 0 Å². The second-order valence-corrected chi connectivity index (χ2v) is 9.70. The summed E-state index contributed by atoms with van der Waals surface area (Å²) in [6.45, 7) is 2.13. The lowest BCUT2D eigenvalue weighted by molar-refractivity contribution is -0.686. The molecule has 2 aromatic heterocycles. The van der Waals surface area contributed by atoms with E-state index >= 15 is 0 Å². The van der Waals surface area contributed by atoms with Crippen LogP contribution >= 0.6 is 0 Å². The molecule has 0 atom stereocenters. The first-order valence-corrected chi connectivity index (χ1v) is 12.8. The van der Waals surface area contributed by atoms with Gasteiger partial charge in [0, 0.05) is 35.6 Å².